The van der Waals surface area contributed by atoms with Gasteiger partial charge in [0.15, 0.2) is 5.13 Å². The Labute approximate surface area is 180 Å². The molecule has 3 aromatic rings. The van der Waals surface area contributed by atoms with E-state index in [9.17, 15) is 9.59 Å². The minimum absolute atomic E-state index is 0.150. The first-order valence-corrected chi connectivity index (χ1v) is 10.9. The highest BCUT2D eigenvalue weighted by atomic mass is 32.1. The lowest BCUT2D eigenvalue weighted by atomic mass is 10.1. The van der Waals surface area contributed by atoms with Gasteiger partial charge in [0.25, 0.3) is 0 Å². The summed E-state index contributed by atoms with van der Waals surface area (Å²) in [5.74, 6) is -0.494. The number of esters is 1. The van der Waals surface area contributed by atoms with Crippen LogP contribution in [0.4, 0.5) is 10.8 Å². The molecule has 158 valence electrons. The van der Waals surface area contributed by atoms with Crippen molar-refractivity contribution in [2.24, 2.45) is 0 Å². The topological polar surface area (TPSA) is 71.5 Å². The second-order valence-corrected chi connectivity index (χ2v) is 8.32. The van der Waals surface area contributed by atoms with Crippen molar-refractivity contribution in [3.8, 4) is 0 Å². The van der Waals surface area contributed by atoms with E-state index in [1.165, 1.54) is 5.56 Å². The maximum Gasteiger partial charge on any atom is 0.338 e. The van der Waals surface area contributed by atoms with E-state index >= 15 is 0 Å². The summed E-state index contributed by atoms with van der Waals surface area (Å²) >= 11 is 1.59. The van der Waals surface area contributed by atoms with E-state index in [0.717, 1.165) is 33.8 Å². The number of rotatable bonds is 8. The number of carbonyl (C=O) groups excluding carboxylic acids is 2. The van der Waals surface area contributed by atoms with Crippen molar-refractivity contribution >= 4 is 44.2 Å². The molecule has 0 aliphatic carbocycles. The van der Waals surface area contributed by atoms with E-state index < -0.39 is 0 Å². The predicted octanol–water partition coefficient (Wildman–Crippen LogP) is 4.94. The molecule has 30 heavy (non-hydrogen) atoms. The van der Waals surface area contributed by atoms with Crippen molar-refractivity contribution in [1.29, 1.82) is 0 Å². The van der Waals surface area contributed by atoms with Gasteiger partial charge in [0.2, 0.25) is 5.91 Å². The summed E-state index contributed by atoms with van der Waals surface area (Å²) in [6, 6.07) is 10.9. The summed E-state index contributed by atoms with van der Waals surface area (Å²) in [6.07, 6.45) is 1.82. The number of likely N-dealkylation sites (N-methyl/N-ethyl adjacent to an activating group) is 1. The molecular formula is C23H27N3O3S. The van der Waals surface area contributed by atoms with Gasteiger partial charge in [-0.3, -0.25) is 4.79 Å². The quantitative estimate of drug-likeness (QED) is 0.409. The number of hydrogen-bond donors (Lipinski definition) is 1. The number of aromatic nitrogens is 1. The average molecular weight is 426 g/mol. The third-order valence-electron chi connectivity index (χ3n) is 4.77. The Bertz CT molecular complexity index is 1000. The molecule has 0 saturated heterocycles. The van der Waals surface area contributed by atoms with Crippen LogP contribution in [0.25, 0.3) is 10.2 Å². The Morgan fingerprint density at radius 2 is 1.80 bits per heavy atom. The van der Waals surface area contributed by atoms with Gasteiger partial charge in [-0.25, -0.2) is 9.78 Å². The van der Waals surface area contributed by atoms with Crippen LogP contribution in [0.3, 0.4) is 0 Å². The minimum Gasteiger partial charge on any atom is -0.462 e. The van der Waals surface area contributed by atoms with Crippen molar-refractivity contribution < 1.29 is 14.3 Å². The second kappa shape index (κ2) is 9.71. The van der Waals surface area contributed by atoms with Gasteiger partial charge in [-0.2, -0.15) is 0 Å². The highest BCUT2D eigenvalue weighted by Gasteiger charge is 2.15. The zero-order valence-electron chi connectivity index (χ0n) is 17.8. The van der Waals surface area contributed by atoms with Crippen LogP contribution in [0.15, 0.2) is 36.4 Å². The lowest BCUT2D eigenvalue weighted by molar-refractivity contribution is -0.114. The van der Waals surface area contributed by atoms with Gasteiger partial charge < -0.3 is 15.0 Å². The number of unbranched alkanes of at least 4 members (excludes halogenated alkanes) is 1. The molecular weight excluding hydrogens is 398 g/mol. The van der Waals surface area contributed by atoms with E-state index in [-0.39, 0.29) is 18.4 Å². The molecule has 6 nitrogen and oxygen atoms in total. The molecule has 0 unspecified atom stereocenters. The van der Waals surface area contributed by atoms with Crippen molar-refractivity contribution in [3.05, 3.63) is 53.1 Å². The van der Waals surface area contributed by atoms with E-state index in [1.807, 2.05) is 25.8 Å². The molecule has 3 rings (SSSR count). The number of anilines is 2. The minimum atomic E-state index is -0.345. The van der Waals surface area contributed by atoms with Crippen molar-refractivity contribution in [3.63, 3.8) is 0 Å². The number of fused-ring (bicyclic) bond motifs is 1. The fourth-order valence-corrected chi connectivity index (χ4v) is 4.05. The summed E-state index contributed by atoms with van der Waals surface area (Å²) in [4.78, 5) is 31.0. The second-order valence-electron chi connectivity index (χ2n) is 7.34. The summed E-state index contributed by atoms with van der Waals surface area (Å²) in [7, 11) is 1.86. The molecule has 0 radical (unpaired) electrons. The number of thiazole rings is 1. The van der Waals surface area contributed by atoms with Gasteiger partial charge in [-0.15, -0.1) is 0 Å². The maximum absolute atomic E-state index is 12.5. The molecule has 0 aliphatic rings. The van der Waals surface area contributed by atoms with Crippen LogP contribution in [0.2, 0.25) is 0 Å². The SMILES string of the molecule is CCCCOC(=O)c1ccc(NC(=O)CN(C)c2nc3c(C)ccc(C)c3s2)cc1. The van der Waals surface area contributed by atoms with Crippen molar-refractivity contribution in [2.75, 3.05) is 30.4 Å². The van der Waals surface area contributed by atoms with Crippen LogP contribution in [0.5, 0.6) is 0 Å². The molecule has 0 bridgehead atoms. The number of amides is 1. The monoisotopic (exact) mass is 425 g/mol. The molecule has 1 N–H and O–H groups in total. The zero-order chi connectivity index (χ0) is 21.7. The van der Waals surface area contributed by atoms with Crippen LogP contribution < -0.4 is 10.2 Å². The van der Waals surface area contributed by atoms with Gasteiger partial charge in [0.05, 0.1) is 28.9 Å². The third kappa shape index (κ3) is 5.16. The van der Waals surface area contributed by atoms with Crippen molar-refractivity contribution in [2.45, 2.75) is 33.6 Å². The van der Waals surface area contributed by atoms with Gasteiger partial charge in [-0.1, -0.05) is 36.8 Å². The fraction of sp³-hybridized carbons (Fsp3) is 0.348. The van der Waals surface area contributed by atoms with Crippen LogP contribution in [-0.2, 0) is 9.53 Å². The van der Waals surface area contributed by atoms with Crippen LogP contribution >= 0.6 is 11.3 Å². The van der Waals surface area contributed by atoms with Crippen molar-refractivity contribution in [1.82, 2.24) is 4.98 Å². The largest absolute Gasteiger partial charge is 0.462 e. The summed E-state index contributed by atoms with van der Waals surface area (Å²) in [5.41, 5.74) is 4.41. The number of carbonyl (C=O) groups is 2. The zero-order valence-corrected chi connectivity index (χ0v) is 18.6. The number of benzene rings is 2. The molecule has 1 aromatic heterocycles. The number of nitrogens with one attached hydrogen (secondary N) is 1. The summed E-state index contributed by atoms with van der Waals surface area (Å²) < 4.78 is 6.35. The maximum atomic E-state index is 12.5. The molecule has 0 saturated carbocycles. The Balaban J connectivity index is 1.59. The molecule has 1 heterocycles. The lowest BCUT2D eigenvalue weighted by Gasteiger charge is -2.15. The van der Waals surface area contributed by atoms with E-state index in [1.54, 1.807) is 35.6 Å². The van der Waals surface area contributed by atoms with E-state index in [0.29, 0.717) is 17.9 Å². The number of nitrogens with zero attached hydrogens (tertiary/aromatic N) is 2. The normalized spacial score (nSPS) is 10.8. The van der Waals surface area contributed by atoms with Crippen LogP contribution in [-0.4, -0.2) is 37.1 Å². The van der Waals surface area contributed by atoms with Crippen LogP contribution in [0, 0.1) is 13.8 Å². The molecule has 0 spiro atoms. The first-order valence-electron chi connectivity index (χ1n) is 10.0. The van der Waals surface area contributed by atoms with Gasteiger partial charge in [-0.05, 0) is 55.7 Å². The third-order valence-corrected chi connectivity index (χ3v) is 6.08. The van der Waals surface area contributed by atoms with E-state index in [2.05, 4.69) is 24.4 Å². The highest BCUT2D eigenvalue weighted by molar-refractivity contribution is 7.22. The molecule has 2 aromatic carbocycles. The first-order chi connectivity index (χ1) is 14.4. The van der Waals surface area contributed by atoms with E-state index in [4.69, 9.17) is 9.72 Å². The van der Waals surface area contributed by atoms with Gasteiger partial charge in [0, 0.05) is 12.7 Å². The molecule has 0 aliphatic heterocycles. The summed E-state index contributed by atoms with van der Waals surface area (Å²) in [6.45, 7) is 6.76. The smallest absolute Gasteiger partial charge is 0.338 e. The molecule has 0 atom stereocenters. The first kappa shape index (κ1) is 21.8. The standard InChI is InChI=1S/C23H27N3O3S/c1-5-6-13-29-22(28)17-9-11-18(12-10-17)24-19(27)14-26(4)23-25-20-15(2)7-8-16(3)21(20)30-23/h7-12H,5-6,13-14H2,1-4H3,(H,24,27). The predicted molar refractivity (Wildman–Crippen MR) is 123 cm³/mol. The number of aryl methyl sites for hydroxylation is 2. The molecule has 0 fully saturated rings. The van der Waals surface area contributed by atoms with Crippen LogP contribution in [0.1, 0.15) is 41.3 Å². The highest BCUT2D eigenvalue weighted by Crippen LogP contribution is 2.32. The average Bonchev–Trinajstić information content (AvgIpc) is 3.18. The Hall–Kier alpha value is -2.93. The number of hydrogen-bond acceptors (Lipinski definition) is 6. The van der Waals surface area contributed by atoms with Gasteiger partial charge >= 0.3 is 5.97 Å². The summed E-state index contributed by atoms with van der Waals surface area (Å²) in [5, 5.41) is 3.67. The Morgan fingerprint density at radius 1 is 1.10 bits per heavy atom. The fourth-order valence-electron chi connectivity index (χ4n) is 2.98. The Morgan fingerprint density at radius 3 is 2.47 bits per heavy atom. The van der Waals surface area contributed by atoms with Gasteiger partial charge in [0.1, 0.15) is 0 Å². The Kier molecular flexibility index (Phi) is 7.05. The molecule has 7 heteroatoms. The lowest BCUT2D eigenvalue weighted by Crippen LogP contribution is -2.29. The molecule has 1 amide bonds. The number of ether oxygens (including phenoxy) is 1.